The van der Waals surface area contributed by atoms with Gasteiger partial charge in [-0.3, -0.25) is 4.90 Å². The molecule has 0 radical (unpaired) electrons. The summed E-state index contributed by atoms with van der Waals surface area (Å²) in [7, 11) is 0. The Hall–Kier alpha value is -2.17. The zero-order chi connectivity index (χ0) is 17.5. The molecule has 2 aromatic rings. The molecule has 1 aliphatic rings. The van der Waals surface area contributed by atoms with E-state index in [0.29, 0.717) is 11.7 Å². The lowest BCUT2D eigenvalue weighted by atomic mass is 10.1. The molecule has 0 bridgehead atoms. The second-order valence-corrected chi connectivity index (χ2v) is 6.58. The van der Waals surface area contributed by atoms with Gasteiger partial charge in [0.1, 0.15) is 0 Å². The van der Waals surface area contributed by atoms with Crippen LogP contribution in [-0.2, 0) is 17.7 Å². The van der Waals surface area contributed by atoms with Gasteiger partial charge in [0.2, 0.25) is 0 Å². The molecule has 0 atom stereocenters. The number of carbonyl (C=O) groups is 1. The van der Waals surface area contributed by atoms with E-state index in [0.717, 1.165) is 51.1 Å². The highest BCUT2D eigenvalue weighted by Crippen LogP contribution is 2.17. The summed E-state index contributed by atoms with van der Waals surface area (Å²) in [6.07, 6.45) is 3.44. The number of rotatable bonds is 7. The fraction of sp³-hybridized carbons (Fsp3) is 0.381. The molecule has 25 heavy (non-hydrogen) atoms. The third-order valence-electron chi connectivity index (χ3n) is 4.73. The van der Waals surface area contributed by atoms with Crippen molar-refractivity contribution in [3.8, 4) is 0 Å². The van der Waals surface area contributed by atoms with Crippen molar-refractivity contribution in [2.45, 2.75) is 31.9 Å². The first-order chi connectivity index (χ1) is 12.2. The molecule has 0 aliphatic carbocycles. The molecule has 1 saturated heterocycles. The van der Waals surface area contributed by atoms with Gasteiger partial charge in [0.25, 0.3) is 0 Å². The molecule has 0 spiro atoms. The number of nitrogens with zero attached hydrogens (tertiary/aromatic N) is 1. The lowest BCUT2D eigenvalue weighted by Crippen LogP contribution is -2.36. The van der Waals surface area contributed by atoms with Crippen molar-refractivity contribution in [1.29, 1.82) is 0 Å². The molecule has 0 unspecified atom stereocenters. The highest BCUT2D eigenvalue weighted by atomic mass is 16.5. The van der Waals surface area contributed by atoms with Crippen LogP contribution < -0.4 is 0 Å². The smallest absolute Gasteiger partial charge is 0.335 e. The number of piperidine rings is 1. The van der Waals surface area contributed by atoms with E-state index in [-0.39, 0.29) is 0 Å². The Morgan fingerprint density at radius 2 is 1.68 bits per heavy atom. The minimum Gasteiger partial charge on any atom is -0.478 e. The number of ether oxygens (including phenoxy) is 1. The molecule has 3 rings (SSSR count). The molecule has 4 heteroatoms. The maximum Gasteiger partial charge on any atom is 0.335 e. The Balaban J connectivity index is 1.37. The van der Waals surface area contributed by atoms with E-state index >= 15 is 0 Å². The first kappa shape index (κ1) is 17.6. The van der Waals surface area contributed by atoms with Gasteiger partial charge < -0.3 is 9.84 Å². The lowest BCUT2D eigenvalue weighted by Gasteiger charge is -2.32. The monoisotopic (exact) mass is 339 g/mol. The summed E-state index contributed by atoms with van der Waals surface area (Å²) in [5.41, 5.74) is 2.83. The number of likely N-dealkylation sites (tertiary alicyclic amines) is 1. The van der Waals surface area contributed by atoms with Gasteiger partial charge >= 0.3 is 5.97 Å². The van der Waals surface area contributed by atoms with E-state index in [4.69, 9.17) is 9.84 Å². The fourth-order valence-electron chi connectivity index (χ4n) is 3.23. The van der Waals surface area contributed by atoms with Crippen LogP contribution in [0.1, 0.15) is 34.3 Å². The largest absolute Gasteiger partial charge is 0.478 e. The maximum atomic E-state index is 10.9. The predicted molar refractivity (Wildman–Crippen MR) is 97.8 cm³/mol. The van der Waals surface area contributed by atoms with Crippen LogP contribution in [0.3, 0.4) is 0 Å². The second kappa shape index (κ2) is 8.79. The Bertz CT molecular complexity index is 661. The third kappa shape index (κ3) is 5.41. The van der Waals surface area contributed by atoms with Crippen molar-refractivity contribution in [3.63, 3.8) is 0 Å². The number of carboxylic acid groups (broad SMARTS) is 1. The van der Waals surface area contributed by atoms with Crippen molar-refractivity contribution in [1.82, 2.24) is 4.90 Å². The summed E-state index contributed by atoms with van der Waals surface area (Å²) < 4.78 is 6.04. The van der Waals surface area contributed by atoms with Crippen molar-refractivity contribution >= 4 is 5.97 Å². The van der Waals surface area contributed by atoms with Gasteiger partial charge in [0.15, 0.2) is 0 Å². The number of aromatic carboxylic acids is 1. The predicted octanol–water partition coefficient (Wildman–Crippen LogP) is 3.61. The van der Waals surface area contributed by atoms with E-state index in [1.54, 1.807) is 12.1 Å². The van der Waals surface area contributed by atoms with Crippen LogP contribution in [0.2, 0.25) is 0 Å². The molecule has 0 amide bonds. The van der Waals surface area contributed by atoms with E-state index in [2.05, 4.69) is 29.2 Å². The topological polar surface area (TPSA) is 49.8 Å². The summed E-state index contributed by atoms with van der Waals surface area (Å²) in [6, 6.07) is 17.6. The van der Waals surface area contributed by atoms with Crippen LogP contribution >= 0.6 is 0 Å². The summed E-state index contributed by atoms with van der Waals surface area (Å²) in [5.74, 6) is -0.875. The van der Waals surface area contributed by atoms with Gasteiger partial charge in [-0.25, -0.2) is 4.79 Å². The molecule has 0 aromatic heterocycles. The normalized spacial score (nSPS) is 16.0. The Kier molecular flexibility index (Phi) is 6.20. The van der Waals surface area contributed by atoms with Crippen LogP contribution in [0.5, 0.6) is 0 Å². The Labute approximate surface area is 149 Å². The first-order valence-corrected chi connectivity index (χ1v) is 8.91. The van der Waals surface area contributed by atoms with Crippen molar-refractivity contribution in [2.24, 2.45) is 0 Å². The van der Waals surface area contributed by atoms with Crippen LogP contribution in [0.4, 0.5) is 0 Å². The van der Waals surface area contributed by atoms with Gasteiger partial charge in [-0.1, -0.05) is 42.5 Å². The van der Waals surface area contributed by atoms with E-state index in [1.165, 1.54) is 5.56 Å². The number of hydrogen-bond acceptors (Lipinski definition) is 3. The Morgan fingerprint density at radius 3 is 2.32 bits per heavy atom. The highest BCUT2D eigenvalue weighted by Gasteiger charge is 2.19. The van der Waals surface area contributed by atoms with Crippen LogP contribution in [0, 0.1) is 0 Å². The van der Waals surface area contributed by atoms with Crippen molar-refractivity contribution in [3.05, 3.63) is 71.3 Å². The standard InChI is InChI=1S/C21H25NO3/c23-21(24)19-8-6-18(7-9-19)16-22-13-10-20(11-14-22)25-15-12-17-4-2-1-3-5-17/h1-9,20H,10-16H2,(H,23,24). The minimum absolute atomic E-state index is 0.342. The lowest BCUT2D eigenvalue weighted by molar-refractivity contribution is 0.00739. The third-order valence-corrected chi connectivity index (χ3v) is 4.73. The number of carboxylic acids is 1. The average molecular weight is 339 g/mol. The molecule has 1 N–H and O–H groups in total. The first-order valence-electron chi connectivity index (χ1n) is 8.91. The highest BCUT2D eigenvalue weighted by molar-refractivity contribution is 5.87. The summed E-state index contributed by atoms with van der Waals surface area (Å²) >= 11 is 0. The molecule has 0 saturated carbocycles. The number of benzene rings is 2. The van der Waals surface area contributed by atoms with Gasteiger partial charge in [0, 0.05) is 19.6 Å². The number of hydrogen-bond donors (Lipinski definition) is 1. The fourth-order valence-corrected chi connectivity index (χ4v) is 3.23. The van der Waals surface area contributed by atoms with Gasteiger partial charge in [-0.2, -0.15) is 0 Å². The van der Waals surface area contributed by atoms with Crippen LogP contribution in [0.25, 0.3) is 0 Å². The zero-order valence-corrected chi connectivity index (χ0v) is 14.4. The molecule has 1 heterocycles. The maximum absolute atomic E-state index is 10.9. The van der Waals surface area contributed by atoms with E-state index in [9.17, 15) is 4.79 Å². The van der Waals surface area contributed by atoms with Gasteiger partial charge in [-0.15, -0.1) is 0 Å². The van der Waals surface area contributed by atoms with E-state index in [1.807, 2.05) is 18.2 Å². The molecule has 132 valence electrons. The van der Waals surface area contributed by atoms with E-state index < -0.39 is 5.97 Å². The SMILES string of the molecule is O=C(O)c1ccc(CN2CCC(OCCc3ccccc3)CC2)cc1. The van der Waals surface area contributed by atoms with Crippen molar-refractivity contribution < 1.29 is 14.6 Å². The van der Waals surface area contributed by atoms with Crippen LogP contribution in [-0.4, -0.2) is 41.8 Å². The van der Waals surface area contributed by atoms with Gasteiger partial charge in [-0.05, 0) is 42.5 Å². The minimum atomic E-state index is -0.875. The molecule has 2 aromatic carbocycles. The zero-order valence-electron chi connectivity index (χ0n) is 14.4. The molecular weight excluding hydrogens is 314 g/mol. The summed E-state index contributed by atoms with van der Waals surface area (Å²) in [6.45, 7) is 3.70. The molecule has 1 fully saturated rings. The molecular formula is C21H25NO3. The quantitative estimate of drug-likeness (QED) is 0.837. The second-order valence-electron chi connectivity index (χ2n) is 6.58. The Morgan fingerprint density at radius 1 is 1.00 bits per heavy atom. The van der Waals surface area contributed by atoms with Gasteiger partial charge in [0.05, 0.1) is 18.3 Å². The summed E-state index contributed by atoms with van der Waals surface area (Å²) in [4.78, 5) is 13.3. The van der Waals surface area contributed by atoms with Crippen molar-refractivity contribution in [2.75, 3.05) is 19.7 Å². The molecule has 1 aliphatic heterocycles. The average Bonchev–Trinajstić information content (AvgIpc) is 2.64. The molecule has 4 nitrogen and oxygen atoms in total. The summed E-state index contributed by atoms with van der Waals surface area (Å²) in [5, 5.41) is 8.95. The van der Waals surface area contributed by atoms with Crippen LogP contribution in [0.15, 0.2) is 54.6 Å².